The Labute approximate surface area is 138 Å². The van der Waals surface area contributed by atoms with Gasteiger partial charge in [0, 0.05) is 10.9 Å². The molecule has 0 bridgehead atoms. The first kappa shape index (κ1) is 15.7. The summed E-state index contributed by atoms with van der Waals surface area (Å²) in [7, 11) is 0. The number of aliphatic hydroxyl groups is 1. The molecule has 4 heteroatoms. The molecular formula is C20H16O4. The van der Waals surface area contributed by atoms with Gasteiger partial charge in [-0.05, 0) is 25.5 Å². The zero-order valence-electron chi connectivity index (χ0n) is 13.4. The summed E-state index contributed by atoms with van der Waals surface area (Å²) in [6, 6.07) is 16.4. The van der Waals surface area contributed by atoms with Crippen molar-refractivity contribution in [1.29, 1.82) is 0 Å². The fourth-order valence-corrected chi connectivity index (χ4v) is 2.89. The summed E-state index contributed by atoms with van der Waals surface area (Å²) in [6.07, 6.45) is 0. The quantitative estimate of drug-likeness (QED) is 0.443. The van der Waals surface area contributed by atoms with Crippen LogP contribution in [0.25, 0.3) is 27.7 Å². The van der Waals surface area contributed by atoms with Crippen molar-refractivity contribution in [1.82, 2.24) is 0 Å². The van der Waals surface area contributed by atoms with E-state index in [9.17, 15) is 14.7 Å². The minimum Gasteiger partial charge on any atom is -0.512 e. The highest BCUT2D eigenvalue weighted by Crippen LogP contribution is 2.34. The van der Waals surface area contributed by atoms with Gasteiger partial charge in [0.15, 0.2) is 5.78 Å². The molecule has 0 saturated heterocycles. The number of para-hydroxylation sites is 1. The number of fused-ring (bicyclic) bond motifs is 1. The first-order chi connectivity index (χ1) is 11.5. The van der Waals surface area contributed by atoms with Crippen LogP contribution in [0, 0.1) is 0 Å². The average molecular weight is 320 g/mol. The zero-order chi connectivity index (χ0) is 17.3. The van der Waals surface area contributed by atoms with Gasteiger partial charge in [0.25, 0.3) is 0 Å². The number of rotatable bonds is 3. The number of carbonyl (C=O) groups is 1. The van der Waals surface area contributed by atoms with Gasteiger partial charge in [-0.1, -0.05) is 48.5 Å². The molecule has 1 aromatic heterocycles. The molecule has 0 spiro atoms. The lowest BCUT2D eigenvalue weighted by molar-refractivity contribution is -0.111. The van der Waals surface area contributed by atoms with Gasteiger partial charge >= 0.3 is 5.63 Å². The van der Waals surface area contributed by atoms with E-state index in [0.717, 1.165) is 5.56 Å². The van der Waals surface area contributed by atoms with E-state index < -0.39 is 11.4 Å². The molecule has 3 aromatic rings. The van der Waals surface area contributed by atoms with Crippen molar-refractivity contribution in [3.8, 4) is 11.1 Å². The first-order valence-corrected chi connectivity index (χ1v) is 7.53. The number of carbonyl (C=O) groups excluding carboxylic acids is 1. The van der Waals surface area contributed by atoms with E-state index in [1.807, 2.05) is 42.5 Å². The molecule has 1 N–H and O–H groups in total. The Morgan fingerprint density at radius 3 is 2.21 bits per heavy atom. The van der Waals surface area contributed by atoms with Crippen LogP contribution in [0.2, 0.25) is 0 Å². The summed E-state index contributed by atoms with van der Waals surface area (Å²) < 4.78 is 5.38. The zero-order valence-corrected chi connectivity index (χ0v) is 13.4. The van der Waals surface area contributed by atoms with E-state index in [1.165, 1.54) is 13.8 Å². The lowest BCUT2D eigenvalue weighted by atomic mass is 9.91. The second-order valence-electron chi connectivity index (χ2n) is 5.52. The lowest BCUT2D eigenvalue weighted by Crippen LogP contribution is -2.14. The average Bonchev–Trinajstić information content (AvgIpc) is 2.55. The molecule has 0 saturated carbocycles. The van der Waals surface area contributed by atoms with Gasteiger partial charge in [0.1, 0.15) is 11.3 Å². The minimum atomic E-state index is -0.647. The Morgan fingerprint density at radius 1 is 0.958 bits per heavy atom. The topological polar surface area (TPSA) is 67.5 Å². The van der Waals surface area contributed by atoms with E-state index in [-0.39, 0.29) is 16.9 Å². The normalized spacial score (nSPS) is 12.1. The molecule has 120 valence electrons. The molecule has 24 heavy (non-hydrogen) atoms. The van der Waals surface area contributed by atoms with Crippen molar-refractivity contribution in [3.63, 3.8) is 0 Å². The Balaban J connectivity index is 2.55. The summed E-state index contributed by atoms with van der Waals surface area (Å²) >= 11 is 0. The van der Waals surface area contributed by atoms with Crippen LogP contribution >= 0.6 is 0 Å². The van der Waals surface area contributed by atoms with E-state index in [2.05, 4.69) is 0 Å². The molecule has 0 amide bonds. The van der Waals surface area contributed by atoms with Gasteiger partial charge in [-0.3, -0.25) is 4.79 Å². The predicted octanol–water partition coefficient (Wildman–Crippen LogP) is 4.34. The van der Waals surface area contributed by atoms with Crippen LogP contribution in [-0.4, -0.2) is 10.9 Å². The largest absolute Gasteiger partial charge is 0.512 e. The summed E-state index contributed by atoms with van der Waals surface area (Å²) in [5.74, 6) is -0.600. The van der Waals surface area contributed by atoms with Crippen LogP contribution in [0.1, 0.15) is 19.4 Å². The predicted molar refractivity (Wildman–Crippen MR) is 93.8 cm³/mol. The van der Waals surface area contributed by atoms with Crippen LogP contribution in [0.4, 0.5) is 0 Å². The molecule has 0 fully saturated rings. The molecular weight excluding hydrogens is 304 g/mol. The molecule has 0 aliphatic rings. The van der Waals surface area contributed by atoms with Crippen LogP contribution < -0.4 is 5.63 Å². The third-order valence-electron chi connectivity index (χ3n) is 3.84. The van der Waals surface area contributed by atoms with Crippen molar-refractivity contribution in [3.05, 3.63) is 76.3 Å². The van der Waals surface area contributed by atoms with E-state index >= 15 is 0 Å². The maximum atomic E-state index is 12.6. The van der Waals surface area contributed by atoms with Gasteiger partial charge in [-0.15, -0.1) is 0 Å². The Kier molecular flexibility index (Phi) is 4.04. The van der Waals surface area contributed by atoms with Gasteiger partial charge < -0.3 is 9.52 Å². The molecule has 0 aliphatic carbocycles. The monoisotopic (exact) mass is 320 g/mol. The van der Waals surface area contributed by atoms with Crippen LogP contribution in [0.15, 0.2) is 69.6 Å². The first-order valence-electron chi connectivity index (χ1n) is 7.53. The fraction of sp³-hybridized carbons (Fsp3) is 0.100. The number of benzene rings is 2. The number of hydrogen-bond donors (Lipinski definition) is 1. The van der Waals surface area contributed by atoms with Crippen LogP contribution in [0.3, 0.4) is 0 Å². The number of allylic oxidation sites excluding steroid dienone is 2. The molecule has 0 unspecified atom stereocenters. The van der Waals surface area contributed by atoms with Crippen molar-refractivity contribution in [2.24, 2.45) is 0 Å². The van der Waals surface area contributed by atoms with Gasteiger partial charge in [0.05, 0.1) is 11.1 Å². The minimum absolute atomic E-state index is 0.0200. The van der Waals surface area contributed by atoms with Crippen LogP contribution in [0.5, 0.6) is 0 Å². The summed E-state index contributed by atoms with van der Waals surface area (Å²) in [5, 5.41) is 10.7. The Bertz CT molecular complexity index is 1010. The fourth-order valence-electron chi connectivity index (χ4n) is 2.89. The van der Waals surface area contributed by atoms with Crippen molar-refractivity contribution in [2.75, 3.05) is 0 Å². The number of ketones is 1. The highest BCUT2D eigenvalue weighted by atomic mass is 16.4. The molecule has 0 radical (unpaired) electrons. The molecule has 0 aliphatic heterocycles. The maximum Gasteiger partial charge on any atom is 0.345 e. The Morgan fingerprint density at radius 2 is 1.58 bits per heavy atom. The summed E-state index contributed by atoms with van der Waals surface area (Å²) in [4.78, 5) is 24.7. The van der Waals surface area contributed by atoms with Crippen molar-refractivity contribution in [2.45, 2.75) is 13.8 Å². The van der Waals surface area contributed by atoms with Crippen molar-refractivity contribution >= 4 is 22.3 Å². The number of Topliss-reactive ketones (excluding diaryl/α,β-unsaturated/α-hetero) is 1. The molecule has 1 heterocycles. The SMILES string of the molecule is CC(=O)/C(=C(/C)O)c1c(-c2ccccc2)c2ccccc2oc1=O. The molecule has 2 aromatic carbocycles. The number of aliphatic hydroxyl groups excluding tert-OH is 1. The molecule has 3 rings (SSSR count). The smallest absolute Gasteiger partial charge is 0.345 e. The number of hydrogen-bond acceptors (Lipinski definition) is 4. The third kappa shape index (κ3) is 2.63. The van der Waals surface area contributed by atoms with E-state index in [0.29, 0.717) is 16.5 Å². The van der Waals surface area contributed by atoms with Gasteiger partial charge in [-0.25, -0.2) is 4.79 Å². The van der Waals surface area contributed by atoms with Gasteiger partial charge in [-0.2, -0.15) is 0 Å². The summed E-state index contributed by atoms with van der Waals surface area (Å²) in [6.45, 7) is 2.71. The standard InChI is InChI=1S/C20H16O4/c1-12(21)17(13(2)22)19-18(14-8-4-3-5-9-14)15-10-6-7-11-16(15)24-20(19)23/h3-11,21H,1-2H3/b17-12+. The summed E-state index contributed by atoms with van der Waals surface area (Å²) in [5.41, 5.74) is 1.22. The van der Waals surface area contributed by atoms with E-state index in [4.69, 9.17) is 4.42 Å². The molecule has 0 atom stereocenters. The third-order valence-corrected chi connectivity index (χ3v) is 3.84. The van der Waals surface area contributed by atoms with Gasteiger partial charge in [0.2, 0.25) is 0 Å². The maximum absolute atomic E-state index is 12.6. The molecule has 4 nitrogen and oxygen atoms in total. The van der Waals surface area contributed by atoms with E-state index in [1.54, 1.807) is 12.1 Å². The highest BCUT2D eigenvalue weighted by molar-refractivity contribution is 6.22. The van der Waals surface area contributed by atoms with Crippen LogP contribution in [-0.2, 0) is 4.79 Å². The highest BCUT2D eigenvalue weighted by Gasteiger charge is 2.23. The second-order valence-corrected chi connectivity index (χ2v) is 5.52. The van der Waals surface area contributed by atoms with Crippen molar-refractivity contribution < 1.29 is 14.3 Å². The second kappa shape index (κ2) is 6.16. The lowest BCUT2D eigenvalue weighted by Gasteiger charge is -2.13. The Hall–Kier alpha value is -3.14.